The quantitative estimate of drug-likeness (QED) is 0.831. The van der Waals surface area contributed by atoms with Gasteiger partial charge >= 0.3 is 6.18 Å². The Hall–Kier alpha value is -2.39. The van der Waals surface area contributed by atoms with Crippen molar-refractivity contribution in [3.8, 4) is 0 Å². The van der Waals surface area contributed by atoms with Crippen LogP contribution in [0.5, 0.6) is 0 Å². The molecule has 2 aromatic rings. The van der Waals surface area contributed by atoms with Crippen LogP contribution in [0.4, 0.5) is 13.2 Å². The lowest BCUT2D eigenvalue weighted by Crippen LogP contribution is -2.47. The molecule has 2 heterocycles. The third-order valence-corrected chi connectivity index (χ3v) is 3.71. The van der Waals surface area contributed by atoms with Gasteiger partial charge in [-0.25, -0.2) is 4.68 Å². The molecule has 132 valence electrons. The average molecular weight is 345 g/mol. The van der Waals surface area contributed by atoms with Gasteiger partial charge in [0, 0.05) is 12.6 Å². The van der Waals surface area contributed by atoms with Gasteiger partial charge in [0.05, 0.1) is 11.4 Å². The van der Waals surface area contributed by atoms with Crippen LogP contribution in [0.3, 0.4) is 0 Å². The number of hydrogen-bond acceptors (Lipinski definition) is 5. The topological polar surface area (TPSA) is 77.1 Å². The Morgan fingerprint density at radius 1 is 1.42 bits per heavy atom. The zero-order valence-electron chi connectivity index (χ0n) is 13.8. The Morgan fingerprint density at radius 2 is 2.08 bits per heavy atom. The summed E-state index contributed by atoms with van der Waals surface area (Å²) in [5.74, 6) is -0.296. The van der Waals surface area contributed by atoms with Gasteiger partial charge in [0.15, 0.2) is 11.5 Å². The van der Waals surface area contributed by atoms with E-state index in [1.54, 1.807) is 19.9 Å². The van der Waals surface area contributed by atoms with E-state index in [9.17, 15) is 18.0 Å². The van der Waals surface area contributed by atoms with Gasteiger partial charge < -0.3 is 9.42 Å². The number of amides is 1. The van der Waals surface area contributed by atoms with Crippen molar-refractivity contribution < 1.29 is 22.5 Å². The second-order valence-electron chi connectivity index (χ2n) is 5.42. The number of halogens is 3. The molecule has 0 N–H and O–H groups in total. The predicted octanol–water partition coefficient (Wildman–Crippen LogP) is 2.34. The number of hydrogen-bond donors (Lipinski definition) is 0. The Bertz CT molecular complexity index is 722. The molecule has 0 aliphatic heterocycles. The zero-order chi connectivity index (χ0) is 18.1. The molecule has 0 bridgehead atoms. The molecule has 0 saturated heterocycles. The Balaban J connectivity index is 2.24. The first-order valence-electron chi connectivity index (χ1n) is 7.35. The van der Waals surface area contributed by atoms with Gasteiger partial charge in [-0.3, -0.25) is 4.79 Å². The molecule has 0 aliphatic carbocycles. The molecule has 2 aromatic heterocycles. The van der Waals surface area contributed by atoms with E-state index in [-0.39, 0.29) is 18.8 Å². The highest BCUT2D eigenvalue weighted by molar-refractivity contribution is 5.93. The molecule has 0 aromatic carbocycles. The van der Waals surface area contributed by atoms with E-state index >= 15 is 0 Å². The Kier molecular flexibility index (Phi) is 4.95. The minimum atomic E-state index is -4.51. The van der Waals surface area contributed by atoms with Crippen LogP contribution in [0.25, 0.3) is 0 Å². The lowest BCUT2D eigenvalue weighted by atomic mass is 10.2. The molecule has 1 amide bonds. The van der Waals surface area contributed by atoms with Gasteiger partial charge in [-0.2, -0.15) is 13.2 Å². The van der Waals surface area contributed by atoms with E-state index in [0.29, 0.717) is 17.1 Å². The van der Waals surface area contributed by atoms with E-state index in [4.69, 9.17) is 4.52 Å². The number of carbonyl (C=O) groups is 1. The second kappa shape index (κ2) is 6.62. The highest BCUT2D eigenvalue weighted by Crippen LogP contribution is 2.25. The third kappa shape index (κ3) is 3.57. The summed E-state index contributed by atoms with van der Waals surface area (Å²) < 4.78 is 45.2. The highest BCUT2D eigenvalue weighted by atomic mass is 19.4. The van der Waals surface area contributed by atoms with Crippen LogP contribution >= 0.6 is 0 Å². The standard InChI is InChI=1S/C14H18F3N5O2/c1-5-21(10(4)14(15,16)17)13(23)12-9(3)22(20-18-12)7-11-6-8(2)19-24-11/h6,10H,5,7H2,1-4H3/t10-/m0/s1. The van der Waals surface area contributed by atoms with Crippen molar-refractivity contribution >= 4 is 5.91 Å². The molecule has 24 heavy (non-hydrogen) atoms. The minimum absolute atomic E-state index is 0.0902. The molecule has 0 unspecified atom stereocenters. The highest BCUT2D eigenvalue weighted by Gasteiger charge is 2.42. The van der Waals surface area contributed by atoms with E-state index in [0.717, 1.165) is 11.8 Å². The normalized spacial score (nSPS) is 13.1. The van der Waals surface area contributed by atoms with E-state index in [1.807, 2.05) is 0 Å². The van der Waals surface area contributed by atoms with Crippen molar-refractivity contribution in [2.24, 2.45) is 0 Å². The van der Waals surface area contributed by atoms with Crippen LogP contribution in [-0.2, 0) is 6.54 Å². The Morgan fingerprint density at radius 3 is 2.58 bits per heavy atom. The fraction of sp³-hybridized carbons (Fsp3) is 0.571. The zero-order valence-corrected chi connectivity index (χ0v) is 13.8. The van der Waals surface area contributed by atoms with Crippen LogP contribution in [0.2, 0.25) is 0 Å². The van der Waals surface area contributed by atoms with Gasteiger partial charge in [0.1, 0.15) is 12.6 Å². The van der Waals surface area contributed by atoms with Crippen LogP contribution in [0, 0.1) is 13.8 Å². The first kappa shape index (κ1) is 18.0. The predicted molar refractivity (Wildman–Crippen MR) is 77.3 cm³/mol. The summed E-state index contributed by atoms with van der Waals surface area (Å²) in [6.07, 6.45) is -4.51. The summed E-state index contributed by atoms with van der Waals surface area (Å²) in [6.45, 7) is 5.85. The SMILES string of the molecule is CCN(C(=O)c1nnn(Cc2cc(C)no2)c1C)[C@@H](C)C(F)(F)F. The summed E-state index contributed by atoms with van der Waals surface area (Å²) in [7, 11) is 0. The maximum absolute atomic E-state index is 12.9. The molecule has 0 fully saturated rings. The molecule has 0 spiro atoms. The molecular formula is C14H18F3N5O2. The van der Waals surface area contributed by atoms with Crippen LogP contribution in [0.15, 0.2) is 10.6 Å². The number of aromatic nitrogens is 4. The largest absolute Gasteiger partial charge is 0.408 e. The van der Waals surface area contributed by atoms with Crippen LogP contribution in [-0.4, -0.2) is 49.7 Å². The minimum Gasteiger partial charge on any atom is -0.359 e. The first-order chi connectivity index (χ1) is 11.1. The van der Waals surface area contributed by atoms with Gasteiger partial charge in [-0.15, -0.1) is 5.10 Å². The fourth-order valence-electron chi connectivity index (χ4n) is 2.25. The first-order valence-corrected chi connectivity index (χ1v) is 7.35. The lowest BCUT2D eigenvalue weighted by Gasteiger charge is -2.29. The third-order valence-electron chi connectivity index (χ3n) is 3.71. The summed E-state index contributed by atoms with van der Waals surface area (Å²) in [5.41, 5.74) is 0.946. The molecule has 0 aliphatic rings. The van der Waals surface area contributed by atoms with Crippen molar-refractivity contribution in [3.05, 3.63) is 28.9 Å². The van der Waals surface area contributed by atoms with Gasteiger partial charge in [0.25, 0.3) is 5.91 Å². The summed E-state index contributed by atoms with van der Waals surface area (Å²) >= 11 is 0. The van der Waals surface area contributed by atoms with Crippen molar-refractivity contribution in [1.82, 2.24) is 25.1 Å². The average Bonchev–Trinajstić information content (AvgIpc) is 3.06. The number of rotatable bonds is 5. The fourth-order valence-corrected chi connectivity index (χ4v) is 2.25. The number of alkyl halides is 3. The van der Waals surface area contributed by atoms with Gasteiger partial charge in [0.2, 0.25) is 0 Å². The summed E-state index contributed by atoms with van der Waals surface area (Å²) in [4.78, 5) is 13.2. The second-order valence-corrected chi connectivity index (χ2v) is 5.42. The number of nitrogens with zero attached hydrogens (tertiary/aromatic N) is 5. The molecule has 10 heteroatoms. The number of aryl methyl sites for hydroxylation is 1. The smallest absolute Gasteiger partial charge is 0.359 e. The maximum Gasteiger partial charge on any atom is 0.408 e. The molecule has 2 rings (SSSR count). The summed E-state index contributed by atoms with van der Waals surface area (Å²) in [5, 5.41) is 11.3. The van der Waals surface area contributed by atoms with E-state index < -0.39 is 18.1 Å². The van der Waals surface area contributed by atoms with Crippen molar-refractivity contribution in [1.29, 1.82) is 0 Å². The molecule has 0 saturated carbocycles. The molecule has 0 radical (unpaired) electrons. The molecule has 1 atom stereocenters. The molecular weight excluding hydrogens is 327 g/mol. The van der Waals surface area contributed by atoms with Crippen molar-refractivity contribution in [2.45, 2.75) is 46.5 Å². The van der Waals surface area contributed by atoms with Gasteiger partial charge in [-0.05, 0) is 27.7 Å². The Labute approximate surface area is 136 Å². The number of carbonyl (C=O) groups excluding carboxylic acids is 1. The van der Waals surface area contributed by atoms with Crippen LogP contribution in [0.1, 0.15) is 41.5 Å². The van der Waals surface area contributed by atoms with Crippen molar-refractivity contribution in [3.63, 3.8) is 0 Å². The van der Waals surface area contributed by atoms with Gasteiger partial charge in [-0.1, -0.05) is 10.4 Å². The van der Waals surface area contributed by atoms with E-state index in [1.165, 1.54) is 11.6 Å². The van der Waals surface area contributed by atoms with Crippen molar-refractivity contribution in [2.75, 3.05) is 6.54 Å². The molecule has 7 nitrogen and oxygen atoms in total. The van der Waals surface area contributed by atoms with E-state index in [2.05, 4.69) is 15.5 Å². The monoisotopic (exact) mass is 345 g/mol. The lowest BCUT2D eigenvalue weighted by molar-refractivity contribution is -0.171. The van der Waals surface area contributed by atoms with Crippen LogP contribution < -0.4 is 0 Å². The summed E-state index contributed by atoms with van der Waals surface area (Å²) in [6, 6.07) is -0.205. The maximum atomic E-state index is 12.9.